The molecule has 0 heterocycles. The first-order chi connectivity index (χ1) is 9.10. The van der Waals surface area contributed by atoms with Crippen molar-refractivity contribution in [3.8, 4) is 5.75 Å². The predicted molar refractivity (Wildman–Crippen MR) is 79.7 cm³/mol. The highest BCUT2D eigenvalue weighted by molar-refractivity contribution is 5.35. The van der Waals surface area contributed by atoms with Gasteiger partial charge in [0.05, 0.1) is 19.3 Å². The van der Waals surface area contributed by atoms with Crippen molar-refractivity contribution in [2.45, 2.75) is 39.9 Å². The van der Waals surface area contributed by atoms with Crippen molar-refractivity contribution in [2.24, 2.45) is 5.92 Å². The summed E-state index contributed by atoms with van der Waals surface area (Å²) < 4.78 is 11.6. The first kappa shape index (κ1) is 16.0. The quantitative estimate of drug-likeness (QED) is 0.781. The fraction of sp³-hybridized carbons (Fsp3) is 0.625. The van der Waals surface area contributed by atoms with Crippen LogP contribution < -0.4 is 10.1 Å². The van der Waals surface area contributed by atoms with Crippen molar-refractivity contribution in [1.29, 1.82) is 0 Å². The zero-order chi connectivity index (χ0) is 14.3. The van der Waals surface area contributed by atoms with Gasteiger partial charge in [-0.2, -0.15) is 0 Å². The van der Waals surface area contributed by atoms with Gasteiger partial charge < -0.3 is 14.8 Å². The van der Waals surface area contributed by atoms with Crippen LogP contribution in [0.3, 0.4) is 0 Å². The Balaban J connectivity index is 2.88. The zero-order valence-electron chi connectivity index (χ0n) is 12.8. The van der Waals surface area contributed by atoms with Gasteiger partial charge in [0.25, 0.3) is 0 Å². The van der Waals surface area contributed by atoms with Crippen LogP contribution in [0.25, 0.3) is 0 Å². The van der Waals surface area contributed by atoms with Crippen LogP contribution in [0, 0.1) is 5.92 Å². The van der Waals surface area contributed by atoms with Gasteiger partial charge in [-0.15, -0.1) is 0 Å². The average molecular weight is 265 g/mol. The van der Waals surface area contributed by atoms with E-state index in [0.717, 1.165) is 24.4 Å². The van der Waals surface area contributed by atoms with E-state index in [-0.39, 0.29) is 12.2 Å². The highest BCUT2D eigenvalue weighted by Gasteiger charge is 2.20. The van der Waals surface area contributed by atoms with E-state index in [2.05, 4.69) is 39.1 Å². The molecule has 0 saturated carbocycles. The van der Waals surface area contributed by atoms with Gasteiger partial charge in [-0.05, 0) is 25.5 Å². The van der Waals surface area contributed by atoms with E-state index in [1.54, 1.807) is 7.11 Å². The van der Waals surface area contributed by atoms with Crippen LogP contribution in [0.15, 0.2) is 24.3 Å². The monoisotopic (exact) mass is 265 g/mol. The van der Waals surface area contributed by atoms with Gasteiger partial charge in [-0.25, -0.2) is 0 Å². The molecule has 0 aliphatic carbocycles. The molecule has 3 nitrogen and oxygen atoms in total. The molecule has 0 fully saturated rings. The average Bonchev–Trinajstić information content (AvgIpc) is 2.43. The molecular formula is C16H27NO2. The van der Waals surface area contributed by atoms with E-state index < -0.39 is 0 Å². The fourth-order valence-corrected chi connectivity index (χ4v) is 1.86. The summed E-state index contributed by atoms with van der Waals surface area (Å²) in [5, 5.41) is 3.36. The third-order valence-corrected chi connectivity index (χ3v) is 3.38. The van der Waals surface area contributed by atoms with Crippen LogP contribution in [-0.2, 0) is 4.74 Å². The van der Waals surface area contributed by atoms with Crippen molar-refractivity contribution < 1.29 is 9.47 Å². The normalized spacial score (nSPS) is 14.4. The minimum absolute atomic E-state index is 0.0218. The van der Waals surface area contributed by atoms with Crippen LogP contribution in [0.2, 0.25) is 0 Å². The van der Waals surface area contributed by atoms with E-state index >= 15 is 0 Å². The number of hydrogen-bond donors (Lipinski definition) is 1. The fourth-order valence-electron chi connectivity index (χ4n) is 1.86. The molecule has 3 heteroatoms. The molecule has 108 valence electrons. The van der Waals surface area contributed by atoms with Gasteiger partial charge in [-0.1, -0.05) is 39.0 Å². The largest absolute Gasteiger partial charge is 0.496 e. The lowest BCUT2D eigenvalue weighted by Crippen LogP contribution is -2.28. The second-order valence-electron chi connectivity index (χ2n) is 5.12. The van der Waals surface area contributed by atoms with Crippen molar-refractivity contribution >= 4 is 0 Å². The van der Waals surface area contributed by atoms with Gasteiger partial charge >= 0.3 is 0 Å². The number of benzene rings is 1. The molecule has 1 aromatic carbocycles. The van der Waals surface area contributed by atoms with Crippen molar-refractivity contribution in [2.75, 3.05) is 20.2 Å². The molecule has 1 N–H and O–H groups in total. The first-order valence-electron chi connectivity index (χ1n) is 7.09. The molecule has 0 bridgehead atoms. The summed E-state index contributed by atoms with van der Waals surface area (Å²) in [7, 11) is 1.70. The van der Waals surface area contributed by atoms with Gasteiger partial charge in [0.1, 0.15) is 5.75 Å². The molecule has 0 saturated heterocycles. The minimum Gasteiger partial charge on any atom is -0.496 e. The second kappa shape index (κ2) is 8.18. The number of para-hydroxylation sites is 1. The van der Waals surface area contributed by atoms with Crippen molar-refractivity contribution in [1.82, 2.24) is 5.32 Å². The Morgan fingerprint density at radius 2 is 1.84 bits per heavy atom. The van der Waals surface area contributed by atoms with E-state index in [1.165, 1.54) is 0 Å². The predicted octanol–water partition coefficient (Wildman–Crippen LogP) is 3.41. The summed E-state index contributed by atoms with van der Waals surface area (Å²) in [6.45, 7) is 10.3. The number of methoxy groups -OCH3 is 1. The molecule has 19 heavy (non-hydrogen) atoms. The summed E-state index contributed by atoms with van der Waals surface area (Å²) in [4.78, 5) is 0. The van der Waals surface area contributed by atoms with Gasteiger partial charge in [0, 0.05) is 12.1 Å². The zero-order valence-corrected chi connectivity index (χ0v) is 12.8. The van der Waals surface area contributed by atoms with E-state index in [0.29, 0.717) is 5.92 Å². The number of likely N-dealkylation sites (N-methyl/N-ethyl adjacent to an activating group) is 1. The van der Waals surface area contributed by atoms with Crippen LogP contribution in [0.5, 0.6) is 5.75 Å². The molecule has 0 amide bonds. The Kier molecular flexibility index (Phi) is 6.89. The molecule has 1 aromatic rings. The molecule has 0 radical (unpaired) electrons. The van der Waals surface area contributed by atoms with Crippen molar-refractivity contribution in [3.05, 3.63) is 29.8 Å². The SMILES string of the molecule is CCNCC(OC(C)C(C)C)c1ccccc1OC. The number of ether oxygens (including phenoxy) is 2. The smallest absolute Gasteiger partial charge is 0.124 e. The molecule has 0 aliphatic heterocycles. The minimum atomic E-state index is 0.0218. The molecule has 2 unspecified atom stereocenters. The molecule has 0 aromatic heterocycles. The van der Waals surface area contributed by atoms with Gasteiger partial charge in [0.15, 0.2) is 0 Å². The Labute approximate surface area is 117 Å². The van der Waals surface area contributed by atoms with Crippen LogP contribution in [0.4, 0.5) is 0 Å². The molecule has 2 atom stereocenters. The second-order valence-corrected chi connectivity index (χ2v) is 5.12. The van der Waals surface area contributed by atoms with Crippen LogP contribution in [0.1, 0.15) is 39.4 Å². The highest BCUT2D eigenvalue weighted by Crippen LogP contribution is 2.29. The van der Waals surface area contributed by atoms with E-state index in [9.17, 15) is 0 Å². The molecule has 0 spiro atoms. The van der Waals surface area contributed by atoms with Gasteiger partial charge in [-0.3, -0.25) is 0 Å². The third kappa shape index (κ3) is 4.84. The number of hydrogen-bond acceptors (Lipinski definition) is 3. The summed E-state index contributed by atoms with van der Waals surface area (Å²) in [5.41, 5.74) is 1.11. The summed E-state index contributed by atoms with van der Waals surface area (Å²) in [6.07, 6.45) is 0.238. The van der Waals surface area contributed by atoms with Crippen LogP contribution >= 0.6 is 0 Å². The lowest BCUT2D eigenvalue weighted by molar-refractivity contribution is -0.0266. The number of nitrogens with one attached hydrogen (secondary N) is 1. The standard InChI is InChI=1S/C16H27NO2/c1-6-17-11-16(19-13(4)12(2)3)14-9-7-8-10-15(14)18-5/h7-10,12-13,16-17H,6,11H2,1-5H3. The highest BCUT2D eigenvalue weighted by atomic mass is 16.5. The van der Waals surface area contributed by atoms with Gasteiger partial charge in [0.2, 0.25) is 0 Å². The Morgan fingerprint density at radius 3 is 2.42 bits per heavy atom. The Morgan fingerprint density at radius 1 is 1.16 bits per heavy atom. The molecule has 0 aliphatic rings. The number of rotatable bonds is 8. The lowest BCUT2D eigenvalue weighted by atomic mass is 10.1. The molecular weight excluding hydrogens is 238 g/mol. The Bertz CT molecular complexity index is 366. The third-order valence-electron chi connectivity index (χ3n) is 3.38. The summed E-state index contributed by atoms with van der Waals surface area (Å²) in [6, 6.07) is 8.07. The maximum absolute atomic E-state index is 6.20. The first-order valence-corrected chi connectivity index (χ1v) is 7.09. The van der Waals surface area contributed by atoms with Crippen molar-refractivity contribution in [3.63, 3.8) is 0 Å². The maximum Gasteiger partial charge on any atom is 0.124 e. The summed E-state index contributed by atoms with van der Waals surface area (Å²) in [5.74, 6) is 1.39. The maximum atomic E-state index is 6.20. The van der Waals surface area contributed by atoms with E-state index in [4.69, 9.17) is 9.47 Å². The van der Waals surface area contributed by atoms with E-state index in [1.807, 2.05) is 18.2 Å². The summed E-state index contributed by atoms with van der Waals surface area (Å²) >= 11 is 0. The van der Waals surface area contributed by atoms with Crippen LogP contribution in [-0.4, -0.2) is 26.3 Å². The lowest BCUT2D eigenvalue weighted by Gasteiger charge is -2.26. The Hall–Kier alpha value is -1.06. The topological polar surface area (TPSA) is 30.5 Å². The molecule has 1 rings (SSSR count).